The lowest BCUT2D eigenvalue weighted by molar-refractivity contribution is -0.119. The van der Waals surface area contributed by atoms with E-state index < -0.39 is 24.1 Å². The average Bonchev–Trinajstić information content (AvgIpc) is 3.28. The van der Waals surface area contributed by atoms with Gasteiger partial charge in [-0.1, -0.05) is 18.2 Å². The highest BCUT2D eigenvalue weighted by Crippen LogP contribution is 2.34. The summed E-state index contributed by atoms with van der Waals surface area (Å²) in [5.41, 5.74) is 0.516. The van der Waals surface area contributed by atoms with Crippen LogP contribution in [0, 0.1) is 0 Å². The van der Waals surface area contributed by atoms with Crippen molar-refractivity contribution in [3.05, 3.63) is 48.5 Å². The fraction of sp³-hybridized carbons (Fsp3) is 0.263. The standard InChI is InChI=1S/C19H18N2O6/c22-13-9-15(21(10-13)19(24)27-14-4-2-1-3-5-14)18(23)20-12-6-7-16-17(8-12)26-11-25-16/h1-8,13,15,22H,9-11H2,(H,20,23)/t13-,15+/m1/s1. The second-order valence-electron chi connectivity index (χ2n) is 6.30. The van der Waals surface area contributed by atoms with Gasteiger partial charge < -0.3 is 24.6 Å². The third-order valence-corrected chi connectivity index (χ3v) is 4.40. The molecule has 8 nitrogen and oxygen atoms in total. The first-order valence-electron chi connectivity index (χ1n) is 8.52. The van der Waals surface area contributed by atoms with Crippen molar-refractivity contribution in [2.24, 2.45) is 0 Å². The van der Waals surface area contributed by atoms with Gasteiger partial charge in [0.1, 0.15) is 11.8 Å². The number of nitrogens with zero attached hydrogens (tertiary/aromatic N) is 1. The minimum Gasteiger partial charge on any atom is -0.454 e. The first-order chi connectivity index (χ1) is 13.1. The molecule has 0 aliphatic carbocycles. The van der Waals surface area contributed by atoms with Crippen molar-refractivity contribution in [2.75, 3.05) is 18.7 Å². The van der Waals surface area contributed by atoms with Crippen molar-refractivity contribution in [1.29, 1.82) is 0 Å². The highest BCUT2D eigenvalue weighted by molar-refractivity contribution is 5.97. The van der Waals surface area contributed by atoms with Gasteiger partial charge in [0.15, 0.2) is 11.5 Å². The Morgan fingerprint density at radius 1 is 1.11 bits per heavy atom. The van der Waals surface area contributed by atoms with Crippen LogP contribution in [0.4, 0.5) is 10.5 Å². The van der Waals surface area contributed by atoms with Crippen LogP contribution in [0.25, 0.3) is 0 Å². The molecule has 2 heterocycles. The molecule has 2 N–H and O–H groups in total. The molecule has 140 valence electrons. The van der Waals surface area contributed by atoms with Crippen LogP contribution < -0.4 is 19.5 Å². The molecule has 2 aromatic carbocycles. The highest BCUT2D eigenvalue weighted by Gasteiger charge is 2.40. The molecule has 2 aliphatic rings. The molecular formula is C19H18N2O6. The number of rotatable bonds is 3. The van der Waals surface area contributed by atoms with E-state index in [1.165, 1.54) is 4.90 Å². The SMILES string of the molecule is O=C(Nc1ccc2c(c1)OCO2)[C@@H]1C[C@@H](O)CN1C(=O)Oc1ccccc1. The van der Waals surface area contributed by atoms with E-state index in [2.05, 4.69) is 5.32 Å². The Kier molecular flexibility index (Phi) is 4.55. The monoisotopic (exact) mass is 370 g/mol. The van der Waals surface area contributed by atoms with Crippen molar-refractivity contribution in [1.82, 2.24) is 4.90 Å². The maximum Gasteiger partial charge on any atom is 0.416 e. The summed E-state index contributed by atoms with van der Waals surface area (Å²) in [6.45, 7) is 0.172. The third kappa shape index (κ3) is 3.65. The van der Waals surface area contributed by atoms with Crippen molar-refractivity contribution in [3.63, 3.8) is 0 Å². The number of aliphatic hydroxyl groups excluding tert-OH is 1. The summed E-state index contributed by atoms with van der Waals surface area (Å²) in [6, 6.07) is 12.8. The van der Waals surface area contributed by atoms with Crippen LogP contribution in [-0.4, -0.2) is 47.5 Å². The van der Waals surface area contributed by atoms with E-state index in [1.807, 2.05) is 0 Å². The fourth-order valence-corrected chi connectivity index (χ4v) is 3.11. The molecule has 2 aromatic rings. The third-order valence-electron chi connectivity index (χ3n) is 4.40. The average molecular weight is 370 g/mol. The molecule has 2 aliphatic heterocycles. The largest absolute Gasteiger partial charge is 0.454 e. The van der Waals surface area contributed by atoms with E-state index >= 15 is 0 Å². The minimum atomic E-state index is -0.832. The highest BCUT2D eigenvalue weighted by atomic mass is 16.7. The lowest BCUT2D eigenvalue weighted by Gasteiger charge is -2.23. The van der Waals surface area contributed by atoms with Gasteiger partial charge in [-0.05, 0) is 24.3 Å². The smallest absolute Gasteiger partial charge is 0.416 e. The van der Waals surface area contributed by atoms with Crippen LogP contribution in [-0.2, 0) is 4.79 Å². The van der Waals surface area contributed by atoms with Crippen LogP contribution in [0.3, 0.4) is 0 Å². The van der Waals surface area contributed by atoms with Crippen LogP contribution in [0.15, 0.2) is 48.5 Å². The molecule has 2 amide bonds. The number of amides is 2. The van der Waals surface area contributed by atoms with Gasteiger partial charge >= 0.3 is 6.09 Å². The zero-order valence-electron chi connectivity index (χ0n) is 14.3. The van der Waals surface area contributed by atoms with Crippen molar-refractivity contribution in [2.45, 2.75) is 18.6 Å². The molecular weight excluding hydrogens is 352 g/mol. The van der Waals surface area contributed by atoms with Crippen LogP contribution in [0.1, 0.15) is 6.42 Å². The number of likely N-dealkylation sites (tertiary alicyclic amines) is 1. The summed E-state index contributed by atoms with van der Waals surface area (Å²) in [7, 11) is 0. The Hall–Kier alpha value is -3.26. The summed E-state index contributed by atoms with van der Waals surface area (Å²) in [4.78, 5) is 26.4. The summed E-state index contributed by atoms with van der Waals surface area (Å²) >= 11 is 0. The van der Waals surface area contributed by atoms with E-state index in [1.54, 1.807) is 48.5 Å². The number of carbonyl (C=O) groups excluding carboxylic acids is 2. The zero-order chi connectivity index (χ0) is 18.8. The maximum atomic E-state index is 12.7. The lowest BCUT2D eigenvalue weighted by atomic mass is 10.2. The van der Waals surface area contributed by atoms with E-state index in [9.17, 15) is 14.7 Å². The Morgan fingerprint density at radius 2 is 1.89 bits per heavy atom. The maximum absolute atomic E-state index is 12.7. The quantitative estimate of drug-likeness (QED) is 0.858. The van der Waals surface area contributed by atoms with E-state index in [4.69, 9.17) is 14.2 Å². The first-order valence-corrected chi connectivity index (χ1v) is 8.52. The second kappa shape index (κ2) is 7.16. The van der Waals surface area contributed by atoms with Gasteiger partial charge in [-0.15, -0.1) is 0 Å². The van der Waals surface area contributed by atoms with Crippen molar-refractivity contribution >= 4 is 17.7 Å². The molecule has 0 unspecified atom stereocenters. The number of fused-ring (bicyclic) bond motifs is 1. The molecule has 8 heteroatoms. The summed E-state index contributed by atoms with van der Waals surface area (Å²) in [6.07, 6.45) is -1.33. The van der Waals surface area contributed by atoms with Crippen LogP contribution in [0.5, 0.6) is 17.2 Å². The van der Waals surface area contributed by atoms with Gasteiger partial charge in [-0.2, -0.15) is 0 Å². The normalized spacial score (nSPS) is 20.4. The second-order valence-corrected chi connectivity index (χ2v) is 6.30. The molecule has 4 rings (SSSR count). The summed E-state index contributed by atoms with van der Waals surface area (Å²) < 4.78 is 15.8. The number of nitrogens with one attached hydrogen (secondary N) is 1. The molecule has 27 heavy (non-hydrogen) atoms. The molecule has 2 atom stereocenters. The number of aliphatic hydroxyl groups is 1. The number of hydrogen-bond acceptors (Lipinski definition) is 6. The fourth-order valence-electron chi connectivity index (χ4n) is 3.11. The lowest BCUT2D eigenvalue weighted by Crippen LogP contribution is -2.44. The Morgan fingerprint density at radius 3 is 2.70 bits per heavy atom. The number of carbonyl (C=O) groups is 2. The molecule has 0 radical (unpaired) electrons. The van der Waals surface area contributed by atoms with Crippen molar-refractivity contribution in [3.8, 4) is 17.2 Å². The van der Waals surface area contributed by atoms with Gasteiger partial charge in [-0.3, -0.25) is 9.69 Å². The Labute approximate surface area is 155 Å². The number of ether oxygens (including phenoxy) is 3. The van der Waals surface area contributed by atoms with Crippen molar-refractivity contribution < 1.29 is 28.9 Å². The summed E-state index contributed by atoms with van der Waals surface area (Å²) in [5.74, 6) is 1.12. The number of β-amino-alcohol motifs (C(OH)–C–C–N with tert-alkyl or cyclic N) is 1. The molecule has 0 bridgehead atoms. The molecule has 0 saturated carbocycles. The predicted octanol–water partition coefficient (Wildman–Crippen LogP) is 1.99. The minimum absolute atomic E-state index is 0.0326. The Balaban J connectivity index is 1.45. The Bertz CT molecular complexity index is 857. The van der Waals surface area contributed by atoms with E-state index in [0.29, 0.717) is 22.9 Å². The predicted molar refractivity (Wildman–Crippen MR) is 94.8 cm³/mol. The number of benzene rings is 2. The van der Waals surface area contributed by atoms with Gasteiger partial charge in [0.25, 0.3) is 0 Å². The van der Waals surface area contributed by atoms with Gasteiger partial charge in [-0.25, -0.2) is 4.79 Å². The number of anilines is 1. The number of hydrogen-bond donors (Lipinski definition) is 2. The molecule has 0 aromatic heterocycles. The van der Waals surface area contributed by atoms with Gasteiger partial charge in [0.2, 0.25) is 12.7 Å². The zero-order valence-corrected chi connectivity index (χ0v) is 14.3. The summed E-state index contributed by atoms with van der Waals surface area (Å²) in [5, 5.41) is 12.7. The molecule has 1 fully saturated rings. The van der Waals surface area contributed by atoms with Crippen LogP contribution >= 0.6 is 0 Å². The molecule has 1 saturated heterocycles. The van der Waals surface area contributed by atoms with Gasteiger partial charge in [0, 0.05) is 18.2 Å². The van der Waals surface area contributed by atoms with Gasteiger partial charge in [0.05, 0.1) is 12.6 Å². The molecule has 0 spiro atoms. The topological polar surface area (TPSA) is 97.3 Å². The van der Waals surface area contributed by atoms with Crippen LogP contribution in [0.2, 0.25) is 0 Å². The van der Waals surface area contributed by atoms with E-state index in [-0.39, 0.29) is 19.8 Å². The van der Waals surface area contributed by atoms with E-state index in [0.717, 1.165) is 0 Å². The number of para-hydroxylation sites is 1. The first kappa shape index (κ1) is 17.2.